The topological polar surface area (TPSA) is 70.7 Å². The van der Waals surface area contributed by atoms with E-state index in [4.69, 9.17) is 9.26 Å². The zero-order valence-electron chi connectivity index (χ0n) is 12.6. The molecular formula is C15H17BrN2O3S. The zero-order valence-corrected chi connectivity index (χ0v) is 15.0. The summed E-state index contributed by atoms with van der Waals surface area (Å²) in [7, 11) is 0. The van der Waals surface area contributed by atoms with Gasteiger partial charge in [-0.05, 0) is 47.4 Å². The molecule has 0 unspecified atom stereocenters. The van der Waals surface area contributed by atoms with E-state index >= 15 is 0 Å². The van der Waals surface area contributed by atoms with E-state index in [1.165, 1.54) is 6.21 Å². The quantitative estimate of drug-likeness (QED) is 0.578. The van der Waals surface area contributed by atoms with Crippen molar-refractivity contribution in [3.63, 3.8) is 0 Å². The van der Waals surface area contributed by atoms with Gasteiger partial charge in [0.05, 0.1) is 0 Å². The maximum absolute atomic E-state index is 11.9. The summed E-state index contributed by atoms with van der Waals surface area (Å²) in [5, 5.41) is 3.84. The van der Waals surface area contributed by atoms with Crippen molar-refractivity contribution in [2.45, 2.75) is 32.1 Å². The summed E-state index contributed by atoms with van der Waals surface area (Å²) >= 11 is 2.00. The van der Waals surface area contributed by atoms with Crippen LogP contribution in [0.4, 0.5) is 0 Å². The fraction of sp³-hybridized carbons (Fsp3) is 0.333. The third-order valence-corrected chi connectivity index (χ3v) is 4.71. The predicted molar refractivity (Wildman–Crippen MR) is 90.5 cm³/mol. The van der Waals surface area contributed by atoms with Gasteiger partial charge < -0.3 is 13.8 Å². The largest absolute Gasteiger partial charge is 0.591 e. The van der Waals surface area contributed by atoms with Gasteiger partial charge in [-0.25, -0.2) is 0 Å². The van der Waals surface area contributed by atoms with E-state index in [0.717, 1.165) is 5.56 Å². The standard InChI is InChI=1S/C15H17BrN2O3S/c1-15(2,3)22(19)17-9-12-13(16)14(18-21-12)20-10-11-7-5-4-6-8-11/h4-9H,10H2,1-3H3/b17-9+/t22-/m0/s1. The van der Waals surface area contributed by atoms with Crippen LogP contribution >= 0.6 is 15.9 Å². The van der Waals surface area contributed by atoms with E-state index in [9.17, 15) is 4.55 Å². The van der Waals surface area contributed by atoms with E-state index in [-0.39, 0.29) is 0 Å². The van der Waals surface area contributed by atoms with Crippen molar-refractivity contribution in [2.24, 2.45) is 4.40 Å². The monoisotopic (exact) mass is 384 g/mol. The molecule has 0 saturated heterocycles. The SMILES string of the molecule is CC(C)(C)[S@+]([O-])/N=C/c1onc(OCc2ccccc2)c1Br. The molecule has 1 aromatic carbocycles. The van der Waals surface area contributed by atoms with Gasteiger partial charge in [-0.1, -0.05) is 34.7 Å². The first-order valence-corrected chi connectivity index (χ1v) is 8.56. The average molecular weight is 385 g/mol. The molecule has 0 saturated carbocycles. The molecule has 2 rings (SSSR count). The van der Waals surface area contributed by atoms with Crippen LogP contribution in [0.1, 0.15) is 32.1 Å². The number of ether oxygens (including phenoxy) is 1. The molecule has 0 bridgehead atoms. The molecule has 22 heavy (non-hydrogen) atoms. The molecule has 0 aliphatic carbocycles. The van der Waals surface area contributed by atoms with Gasteiger partial charge in [-0.3, -0.25) is 0 Å². The smallest absolute Gasteiger partial charge is 0.269 e. The van der Waals surface area contributed by atoms with Crippen LogP contribution < -0.4 is 4.74 Å². The Morgan fingerprint density at radius 3 is 2.68 bits per heavy atom. The molecule has 1 aromatic heterocycles. The fourth-order valence-corrected chi connectivity index (χ4v) is 2.30. The van der Waals surface area contributed by atoms with E-state index in [1.54, 1.807) is 0 Å². The molecule has 118 valence electrons. The highest BCUT2D eigenvalue weighted by molar-refractivity contribution is 9.10. The number of nitrogens with zero attached hydrogens (tertiary/aromatic N) is 2. The third kappa shape index (κ3) is 4.59. The summed E-state index contributed by atoms with van der Waals surface area (Å²) in [5.74, 6) is 0.715. The molecule has 0 aliphatic rings. The van der Waals surface area contributed by atoms with E-state index in [0.29, 0.717) is 22.7 Å². The lowest BCUT2D eigenvalue weighted by Crippen LogP contribution is -2.25. The van der Waals surface area contributed by atoms with Crippen LogP contribution in [0.5, 0.6) is 5.88 Å². The van der Waals surface area contributed by atoms with Crippen molar-refractivity contribution < 1.29 is 13.8 Å². The molecule has 0 amide bonds. The molecule has 0 radical (unpaired) electrons. The molecule has 0 aliphatic heterocycles. The van der Waals surface area contributed by atoms with Crippen molar-refractivity contribution in [3.05, 3.63) is 46.1 Å². The fourth-order valence-electron chi connectivity index (χ4n) is 1.43. The molecule has 5 nitrogen and oxygen atoms in total. The second-order valence-corrected chi connectivity index (χ2v) is 8.26. The molecule has 2 aromatic rings. The van der Waals surface area contributed by atoms with Gasteiger partial charge in [-0.15, -0.1) is 0 Å². The molecule has 0 fully saturated rings. The molecule has 1 heterocycles. The summed E-state index contributed by atoms with van der Waals surface area (Å²) in [6, 6.07) is 9.75. The second-order valence-electron chi connectivity index (χ2n) is 5.54. The number of halogens is 1. The maximum Gasteiger partial charge on any atom is 0.269 e. The Morgan fingerprint density at radius 1 is 1.36 bits per heavy atom. The summed E-state index contributed by atoms with van der Waals surface area (Å²) in [4.78, 5) is 0. The van der Waals surface area contributed by atoms with Crippen molar-refractivity contribution in [3.8, 4) is 5.88 Å². The highest BCUT2D eigenvalue weighted by atomic mass is 79.9. The Hall–Kier alpha value is -1.31. The third-order valence-electron chi connectivity index (χ3n) is 2.64. The second kappa shape index (κ2) is 7.30. The lowest BCUT2D eigenvalue weighted by atomic mass is 10.2. The number of hydrogen-bond donors (Lipinski definition) is 0. The Bertz CT molecular complexity index is 638. The Morgan fingerprint density at radius 2 is 2.05 bits per heavy atom. The number of rotatable bonds is 5. The summed E-state index contributed by atoms with van der Waals surface area (Å²) < 4.78 is 26.7. The lowest BCUT2D eigenvalue weighted by molar-refractivity contribution is 0.268. The molecule has 1 atom stereocenters. The Labute approximate surface area is 141 Å². The Balaban J connectivity index is 2.02. The van der Waals surface area contributed by atoms with Gasteiger partial charge >= 0.3 is 0 Å². The van der Waals surface area contributed by atoms with Crippen LogP contribution in [-0.4, -0.2) is 20.7 Å². The van der Waals surface area contributed by atoms with Gasteiger partial charge in [0.2, 0.25) is 5.76 Å². The lowest BCUT2D eigenvalue weighted by Gasteiger charge is -2.17. The molecular weight excluding hydrogens is 368 g/mol. The van der Waals surface area contributed by atoms with Crippen LogP contribution in [0.2, 0.25) is 0 Å². The van der Waals surface area contributed by atoms with Gasteiger partial charge in [0.15, 0.2) is 0 Å². The van der Waals surface area contributed by atoms with Crippen molar-refractivity contribution >= 4 is 33.5 Å². The van der Waals surface area contributed by atoms with Crippen LogP contribution in [0.3, 0.4) is 0 Å². The van der Waals surface area contributed by atoms with Crippen molar-refractivity contribution in [1.29, 1.82) is 0 Å². The van der Waals surface area contributed by atoms with Crippen LogP contribution in [0.15, 0.2) is 43.7 Å². The highest BCUT2D eigenvalue weighted by Crippen LogP contribution is 2.28. The number of hydrogen-bond acceptors (Lipinski definition) is 5. The number of benzene rings is 1. The van der Waals surface area contributed by atoms with E-state index in [2.05, 4.69) is 25.5 Å². The zero-order chi connectivity index (χ0) is 16.2. The minimum atomic E-state index is -1.35. The van der Waals surface area contributed by atoms with E-state index in [1.807, 2.05) is 51.1 Å². The first-order chi connectivity index (χ1) is 10.4. The van der Waals surface area contributed by atoms with Gasteiger partial charge in [0.25, 0.3) is 5.88 Å². The minimum absolute atomic E-state index is 0.340. The number of aromatic nitrogens is 1. The molecule has 0 N–H and O–H groups in total. The normalized spacial score (nSPS) is 13.5. The van der Waals surface area contributed by atoms with Gasteiger partial charge in [-0.2, -0.15) is 0 Å². The van der Waals surface area contributed by atoms with Crippen molar-refractivity contribution in [1.82, 2.24) is 5.16 Å². The Kier molecular flexibility index (Phi) is 5.66. The van der Waals surface area contributed by atoms with Crippen LogP contribution in [-0.2, 0) is 18.0 Å². The van der Waals surface area contributed by atoms with Crippen molar-refractivity contribution in [2.75, 3.05) is 0 Å². The molecule has 7 heteroatoms. The first kappa shape index (κ1) is 17.1. The average Bonchev–Trinajstić information content (AvgIpc) is 2.83. The highest BCUT2D eigenvalue weighted by Gasteiger charge is 2.26. The maximum atomic E-state index is 11.9. The summed E-state index contributed by atoms with van der Waals surface area (Å²) in [5.41, 5.74) is 1.03. The van der Waals surface area contributed by atoms with Gasteiger partial charge in [0, 0.05) is 0 Å². The van der Waals surface area contributed by atoms with Gasteiger partial charge in [0.1, 0.15) is 33.4 Å². The predicted octanol–water partition coefficient (Wildman–Crippen LogP) is 3.90. The minimum Gasteiger partial charge on any atom is -0.591 e. The van der Waals surface area contributed by atoms with E-state index < -0.39 is 16.1 Å². The van der Waals surface area contributed by atoms with Crippen LogP contribution in [0, 0.1) is 0 Å². The summed E-state index contributed by atoms with van der Waals surface area (Å²) in [6.07, 6.45) is 1.40. The first-order valence-electron chi connectivity index (χ1n) is 6.66. The van der Waals surface area contributed by atoms with Crippen LogP contribution in [0.25, 0.3) is 0 Å². The summed E-state index contributed by atoms with van der Waals surface area (Å²) in [6.45, 7) is 5.94. The molecule has 0 spiro atoms.